The molecule has 19 heavy (non-hydrogen) atoms. The van der Waals surface area contributed by atoms with Gasteiger partial charge in [-0.2, -0.15) is 0 Å². The summed E-state index contributed by atoms with van der Waals surface area (Å²) >= 11 is 0. The Morgan fingerprint density at radius 3 is 2.42 bits per heavy atom. The minimum Gasteiger partial charge on any atom is -0.321 e. The van der Waals surface area contributed by atoms with Crippen LogP contribution >= 0.6 is 0 Å². The molecule has 6 heteroatoms. The highest BCUT2D eigenvalue weighted by molar-refractivity contribution is 7.90. The van der Waals surface area contributed by atoms with E-state index in [0.29, 0.717) is 5.69 Å². The number of sulfone groups is 1. The first kappa shape index (κ1) is 13.5. The van der Waals surface area contributed by atoms with Crippen LogP contribution in [0.15, 0.2) is 41.7 Å². The van der Waals surface area contributed by atoms with E-state index in [0.717, 1.165) is 11.8 Å². The van der Waals surface area contributed by atoms with Crippen molar-refractivity contribution in [3.05, 3.63) is 48.0 Å². The van der Waals surface area contributed by atoms with Gasteiger partial charge in [0, 0.05) is 6.26 Å². The number of imidazole rings is 1. The van der Waals surface area contributed by atoms with Gasteiger partial charge in [0.25, 0.3) is 0 Å². The lowest BCUT2D eigenvalue weighted by Crippen LogP contribution is -2.09. The Balaban J connectivity index is 2.35. The second-order valence-corrected chi connectivity index (χ2v) is 6.38. The summed E-state index contributed by atoms with van der Waals surface area (Å²) in [7, 11) is -3.19. The average Bonchev–Trinajstić information content (AvgIpc) is 2.85. The molecule has 0 radical (unpaired) electrons. The van der Waals surface area contributed by atoms with Crippen LogP contribution in [-0.4, -0.2) is 30.5 Å². The third-order valence-electron chi connectivity index (χ3n) is 3.02. The zero-order chi connectivity index (χ0) is 14.0. The Morgan fingerprint density at radius 2 is 1.89 bits per heavy atom. The van der Waals surface area contributed by atoms with Crippen molar-refractivity contribution >= 4 is 16.1 Å². The standard InChI is InChI=1S/C13H14N2O3S/c1-10(15-9-14-7-12(15)8-16)11-3-5-13(6-4-11)19(2,17)18/h3-10H,1-2H3/t10-/m0/s1. The largest absolute Gasteiger partial charge is 0.321 e. The second kappa shape index (κ2) is 4.97. The summed E-state index contributed by atoms with van der Waals surface area (Å²) in [4.78, 5) is 15.1. The number of nitrogens with zero attached hydrogens (tertiary/aromatic N) is 2. The molecule has 2 aromatic rings. The van der Waals surface area contributed by atoms with Crippen LogP contribution in [0.2, 0.25) is 0 Å². The average molecular weight is 278 g/mol. The number of hydrogen-bond acceptors (Lipinski definition) is 4. The second-order valence-electron chi connectivity index (χ2n) is 4.36. The molecule has 0 saturated heterocycles. The molecule has 0 spiro atoms. The van der Waals surface area contributed by atoms with Gasteiger partial charge in [0.05, 0.1) is 23.5 Å². The van der Waals surface area contributed by atoms with E-state index < -0.39 is 9.84 Å². The van der Waals surface area contributed by atoms with Crippen molar-refractivity contribution < 1.29 is 13.2 Å². The molecule has 0 unspecified atom stereocenters. The van der Waals surface area contributed by atoms with E-state index in [9.17, 15) is 13.2 Å². The lowest BCUT2D eigenvalue weighted by molar-refractivity contribution is 0.111. The number of carbonyl (C=O) groups excluding carboxylic acids is 1. The molecule has 100 valence electrons. The maximum absolute atomic E-state index is 11.4. The summed E-state index contributed by atoms with van der Waals surface area (Å²) in [5, 5.41) is 0. The first-order valence-corrected chi connectivity index (χ1v) is 7.59. The first-order valence-electron chi connectivity index (χ1n) is 5.70. The minimum atomic E-state index is -3.19. The van der Waals surface area contributed by atoms with Crippen LogP contribution in [0, 0.1) is 0 Å². The fraction of sp³-hybridized carbons (Fsp3) is 0.231. The van der Waals surface area contributed by atoms with Crippen LogP contribution < -0.4 is 0 Å². The van der Waals surface area contributed by atoms with Crippen molar-refractivity contribution in [1.29, 1.82) is 0 Å². The molecule has 0 N–H and O–H groups in total. The molecule has 0 aliphatic rings. The number of benzene rings is 1. The highest BCUT2D eigenvalue weighted by Crippen LogP contribution is 2.20. The third kappa shape index (κ3) is 2.73. The van der Waals surface area contributed by atoms with Gasteiger partial charge < -0.3 is 4.57 Å². The summed E-state index contributed by atoms with van der Waals surface area (Å²) in [5.74, 6) is 0. The molecule has 2 rings (SSSR count). The minimum absolute atomic E-state index is 0.0867. The van der Waals surface area contributed by atoms with Crippen LogP contribution in [0.5, 0.6) is 0 Å². The van der Waals surface area contributed by atoms with Gasteiger partial charge in [-0.3, -0.25) is 4.79 Å². The lowest BCUT2D eigenvalue weighted by Gasteiger charge is -2.15. The molecule has 0 saturated carbocycles. The van der Waals surface area contributed by atoms with Crippen molar-refractivity contribution in [3.63, 3.8) is 0 Å². The van der Waals surface area contributed by atoms with E-state index in [-0.39, 0.29) is 10.9 Å². The smallest absolute Gasteiger partial charge is 0.175 e. The predicted molar refractivity (Wildman–Crippen MR) is 71.0 cm³/mol. The van der Waals surface area contributed by atoms with E-state index in [4.69, 9.17) is 0 Å². The van der Waals surface area contributed by atoms with Crippen molar-refractivity contribution in [3.8, 4) is 0 Å². The van der Waals surface area contributed by atoms with E-state index in [1.165, 1.54) is 12.5 Å². The van der Waals surface area contributed by atoms with Gasteiger partial charge in [-0.05, 0) is 24.6 Å². The number of rotatable bonds is 4. The van der Waals surface area contributed by atoms with Gasteiger partial charge in [-0.15, -0.1) is 0 Å². The molecule has 0 aliphatic heterocycles. The topological polar surface area (TPSA) is 69.0 Å². The Hall–Kier alpha value is -1.95. The molecule has 0 bridgehead atoms. The van der Waals surface area contributed by atoms with E-state index in [1.54, 1.807) is 35.2 Å². The molecular formula is C13H14N2O3S. The molecular weight excluding hydrogens is 264 g/mol. The fourth-order valence-electron chi connectivity index (χ4n) is 1.88. The van der Waals surface area contributed by atoms with Gasteiger partial charge in [0.2, 0.25) is 0 Å². The van der Waals surface area contributed by atoms with E-state index in [2.05, 4.69) is 4.98 Å². The number of carbonyl (C=O) groups is 1. The van der Waals surface area contributed by atoms with Crippen LogP contribution in [-0.2, 0) is 9.84 Å². The van der Waals surface area contributed by atoms with Crippen LogP contribution in [0.3, 0.4) is 0 Å². The van der Waals surface area contributed by atoms with Gasteiger partial charge in [0.15, 0.2) is 16.1 Å². The number of aldehydes is 1. The molecule has 1 atom stereocenters. The Bertz CT molecular complexity index is 687. The van der Waals surface area contributed by atoms with Crippen molar-refractivity contribution in [2.75, 3.05) is 6.26 Å². The maximum Gasteiger partial charge on any atom is 0.175 e. The highest BCUT2D eigenvalue weighted by Gasteiger charge is 2.13. The monoisotopic (exact) mass is 278 g/mol. The molecule has 5 nitrogen and oxygen atoms in total. The van der Waals surface area contributed by atoms with Crippen molar-refractivity contribution in [2.45, 2.75) is 17.9 Å². The zero-order valence-electron chi connectivity index (χ0n) is 10.6. The summed E-state index contributed by atoms with van der Waals surface area (Å²) in [6.07, 6.45) is 4.99. The summed E-state index contributed by atoms with van der Waals surface area (Å²) in [5.41, 5.74) is 1.40. The molecule has 1 aromatic carbocycles. The van der Waals surface area contributed by atoms with Gasteiger partial charge >= 0.3 is 0 Å². The lowest BCUT2D eigenvalue weighted by atomic mass is 10.1. The first-order chi connectivity index (χ1) is 8.93. The normalized spacial score (nSPS) is 13.2. The van der Waals surface area contributed by atoms with Gasteiger partial charge in [-0.25, -0.2) is 13.4 Å². The Kier molecular flexibility index (Phi) is 3.53. The third-order valence-corrected chi connectivity index (χ3v) is 4.15. The fourth-order valence-corrected chi connectivity index (χ4v) is 2.51. The summed E-state index contributed by atoms with van der Waals surface area (Å²) in [6.45, 7) is 1.92. The molecule has 1 heterocycles. The number of aromatic nitrogens is 2. The van der Waals surface area contributed by atoms with E-state index >= 15 is 0 Å². The van der Waals surface area contributed by atoms with Crippen LogP contribution in [0.1, 0.15) is 29.0 Å². The maximum atomic E-state index is 11.4. The Morgan fingerprint density at radius 1 is 1.26 bits per heavy atom. The zero-order valence-corrected chi connectivity index (χ0v) is 11.5. The summed E-state index contributed by atoms with van der Waals surface area (Å²) < 4.78 is 24.5. The Labute approximate surface area is 111 Å². The van der Waals surface area contributed by atoms with E-state index in [1.807, 2.05) is 6.92 Å². The van der Waals surface area contributed by atoms with Crippen molar-refractivity contribution in [2.24, 2.45) is 0 Å². The molecule has 0 fully saturated rings. The van der Waals surface area contributed by atoms with Gasteiger partial charge in [-0.1, -0.05) is 12.1 Å². The molecule has 0 aliphatic carbocycles. The van der Waals surface area contributed by atoms with Gasteiger partial charge in [0.1, 0.15) is 5.69 Å². The van der Waals surface area contributed by atoms with Crippen molar-refractivity contribution in [1.82, 2.24) is 9.55 Å². The predicted octanol–water partition coefficient (Wildman–Crippen LogP) is 1.71. The summed E-state index contributed by atoms with van der Waals surface area (Å²) in [6, 6.07) is 6.54. The van der Waals surface area contributed by atoms with Crippen LogP contribution in [0.4, 0.5) is 0 Å². The quantitative estimate of drug-likeness (QED) is 0.798. The SMILES string of the molecule is C[C@@H](c1ccc(S(C)(=O)=O)cc1)n1cncc1C=O. The molecule has 1 aromatic heterocycles. The molecule has 0 amide bonds. The number of hydrogen-bond donors (Lipinski definition) is 0. The van der Waals surface area contributed by atoms with Crippen LogP contribution in [0.25, 0.3) is 0 Å². The highest BCUT2D eigenvalue weighted by atomic mass is 32.2.